The third kappa shape index (κ3) is 5.08. The summed E-state index contributed by atoms with van der Waals surface area (Å²) in [7, 11) is -3.32. The molecule has 0 saturated carbocycles. The fourth-order valence-corrected chi connectivity index (χ4v) is 3.65. The molecule has 0 aliphatic rings. The van der Waals surface area contributed by atoms with E-state index in [9.17, 15) is 8.42 Å². The summed E-state index contributed by atoms with van der Waals surface area (Å²) in [4.78, 5) is 1.27. The number of halogens is 2. The van der Waals surface area contributed by atoms with Gasteiger partial charge in [0.05, 0.1) is 10.6 Å². The fourth-order valence-electron chi connectivity index (χ4n) is 1.54. The zero-order valence-corrected chi connectivity index (χ0v) is 14.0. The average molecular weight is 359 g/mol. The maximum Gasteiger partial charge on any atom is 0.181 e. The van der Waals surface area contributed by atoms with Crippen LogP contribution in [-0.2, 0) is 9.84 Å². The minimum absolute atomic E-state index is 0.0464. The van der Waals surface area contributed by atoms with Crippen LogP contribution in [0.4, 0.5) is 0 Å². The predicted octanol–water partition coefficient (Wildman–Crippen LogP) is 5.07. The first-order valence-corrected chi connectivity index (χ1v) is 9.32. The zero-order chi connectivity index (χ0) is 15.3. The lowest BCUT2D eigenvalue weighted by molar-refractivity contribution is 0.599. The quantitative estimate of drug-likeness (QED) is 0.699. The average Bonchev–Trinajstić information content (AvgIpc) is 2.46. The van der Waals surface area contributed by atoms with E-state index < -0.39 is 9.84 Å². The molecule has 21 heavy (non-hydrogen) atoms. The summed E-state index contributed by atoms with van der Waals surface area (Å²) >= 11 is 13.0. The predicted molar refractivity (Wildman–Crippen MR) is 90.0 cm³/mol. The monoisotopic (exact) mass is 358 g/mol. The van der Waals surface area contributed by atoms with Gasteiger partial charge in [-0.25, -0.2) is 8.42 Å². The van der Waals surface area contributed by atoms with E-state index in [-0.39, 0.29) is 10.6 Å². The molecule has 0 bridgehead atoms. The number of thioether (sulfide) groups is 1. The Kier molecular flexibility index (Phi) is 5.76. The molecule has 0 fully saturated rings. The maximum absolute atomic E-state index is 12.1. The second-order valence-corrected chi connectivity index (χ2v) is 8.07. The summed E-state index contributed by atoms with van der Waals surface area (Å²) < 4.78 is 24.2. The van der Waals surface area contributed by atoms with E-state index in [2.05, 4.69) is 0 Å². The van der Waals surface area contributed by atoms with Gasteiger partial charge >= 0.3 is 0 Å². The molecule has 6 heteroatoms. The largest absolute Gasteiger partial charge is 0.223 e. The molecule has 0 radical (unpaired) electrons. The van der Waals surface area contributed by atoms with Crippen LogP contribution in [0, 0.1) is 0 Å². The molecule has 2 aromatic rings. The van der Waals surface area contributed by atoms with E-state index in [0.717, 1.165) is 4.90 Å². The van der Waals surface area contributed by atoms with Crippen molar-refractivity contribution < 1.29 is 8.42 Å². The number of sulfone groups is 1. The van der Waals surface area contributed by atoms with Crippen molar-refractivity contribution in [2.75, 3.05) is 5.75 Å². The van der Waals surface area contributed by atoms with Crippen LogP contribution >= 0.6 is 35.0 Å². The van der Waals surface area contributed by atoms with E-state index in [1.165, 1.54) is 23.9 Å². The van der Waals surface area contributed by atoms with Crippen LogP contribution in [0.25, 0.3) is 0 Å². The Morgan fingerprint density at radius 1 is 0.905 bits per heavy atom. The zero-order valence-electron chi connectivity index (χ0n) is 10.9. The number of hydrogen-bond donors (Lipinski definition) is 0. The van der Waals surface area contributed by atoms with Crippen LogP contribution in [-0.4, -0.2) is 14.2 Å². The van der Waals surface area contributed by atoms with Crippen LogP contribution in [0.1, 0.15) is 0 Å². The molecule has 0 saturated heterocycles. The summed E-state index contributed by atoms with van der Waals surface area (Å²) in [5.74, 6) is -0.0464. The van der Waals surface area contributed by atoms with Crippen molar-refractivity contribution in [2.24, 2.45) is 0 Å². The van der Waals surface area contributed by atoms with Crippen LogP contribution in [0.15, 0.2) is 69.8 Å². The van der Waals surface area contributed by atoms with E-state index in [4.69, 9.17) is 23.2 Å². The molecule has 2 aromatic carbocycles. The molecule has 0 amide bonds. The molecule has 0 spiro atoms. The van der Waals surface area contributed by atoms with Gasteiger partial charge in [-0.3, -0.25) is 0 Å². The second-order valence-electron chi connectivity index (χ2n) is 4.18. The van der Waals surface area contributed by atoms with Crippen molar-refractivity contribution in [3.63, 3.8) is 0 Å². The van der Waals surface area contributed by atoms with Crippen molar-refractivity contribution >= 4 is 44.8 Å². The van der Waals surface area contributed by atoms with Gasteiger partial charge < -0.3 is 0 Å². The molecule has 2 rings (SSSR count). The highest BCUT2D eigenvalue weighted by Crippen LogP contribution is 2.22. The summed E-state index contributed by atoms with van der Waals surface area (Å²) in [6.45, 7) is 0. The lowest BCUT2D eigenvalue weighted by Crippen LogP contribution is -2.04. The molecule has 0 atom stereocenters. The van der Waals surface area contributed by atoms with Gasteiger partial charge in [-0.15, -0.1) is 0 Å². The Bertz CT molecular complexity index is 721. The van der Waals surface area contributed by atoms with E-state index in [1.54, 1.807) is 35.7 Å². The first-order valence-electron chi connectivity index (χ1n) is 6.03. The van der Waals surface area contributed by atoms with Crippen molar-refractivity contribution in [3.05, 3.63) is 70.1 Å². The molecular formula is C15H12Cl2O2S2. The van der Waals surface area contributed by atoms with Crippen LogP contribution in [0.5, 0.6) is 0 Å². The Labute approximate surface area is 138 Å². The van der Waals surface area contributed by atoms with Crippen molar-refractivity contribution in [2.45, 2.75) is 9.79 Å². The van der Waals surface area contributed by atoms with Crippen molar-refractivity contribution in [3.8, 4) is 0 Å². The number of benzene rings is 2. The normalized spacial score (nSPS) is 11.9. The van der Waals surface area contributed by atoms with Gasteiger partial charge in [0.15, 0.2) is 9.84 Å². The first kappa shape index (κ1) is 16.4. The van der Waals surface area contributed by atoms with E-state index in [1.807, 2.05) is 12.1 Å². The summed E-state index contributed by atoms with van der Waals surface area (Å²) in [5, 5.41) is 2.95. The third-order valence-electron chi connectivity index (χ3n) is 2.60. The molecule has 2 nitrogen and oxygen atoms in total. The Balaban J connectivity index is 1.96. The van der Waals surface area contributed by atoms with Gasteiger partial charge in [-0.2, -0.15) is 0 Å². The molecule has 110 valence electrons. The lowest BCUT2D eigenvalue weighted by atomic mass is 10.4. The number of hydrogen-bond acceptors (Lipinski definition) is 3. The van der Waals surface area contributed by atoms with Crippen LogP contribution in [0.3, 0.4) is 0 Å². The third-order valence-corrected chi connectivity index (χ3v) is 5.60. The van der Waals surface area contributed by atoms with Gasteiger partial charge in [0.1, 0.15) is 0 Å². The molecular weight excluding hydrogens is 347 g/mol. The molecule has 0 heterocycles. The molecule has 0 aliphatic carbocycles. The lowest BCUT2D eigenvalue weighted by Gasteiger charge is -2.01. The minimum atomic E-state index is -3.32. The van der Waals surface area contributed by atoms with Gasteiger partial charge in [-0.05, 0) is 53.9 Å². The molecule has 0 N–H and O–H groups in total. The molecule has 0 unspecified atom stereocenters. The minimum Gasteiger partial charge on any atom is -0.223 e. The van der Waals surface area contributed by atoms with Gasteiger partial charge in [0.25, 0.3) is 0 Å². The molecule has 0 aliphatic heterocycles. The van der Waals surface area contributed by atoms with Crippen molar-refractivity contribution in [1.29, 1.82) is 0 Å². The Morgan fingerprint density at radius 3 is 2.00 bits per heavy atom. The summed E-state index contributed by atoms with van der Waals surface area (Å²) in [5.41, 5.74) is 0. The second kappa shape index (κ2) is 7.36. The SMILES string of the molecule is O=S(=O)(C/C=C/Sc1ccc(Cl)cc1)c1ccc(Cl)cc1. The Morgan fingerprint density at radius 2 is 1.43 bits per heavy atom. The number of rotatable bonds is 5. The van der Waals surface area contributed by atoms with Crippen LogP contribution in [0.2, 0.25) is 10.0 Å². The fraction of sp³-hybridized carbons (Fsp3) is 0.0667. The Hall–Kier alpha value is -0.940. The van der Waals surface area contributed by atoms with Gasteiger partial charge in [-0.1, -0.05) is 41.0 Å². The highest BCUT2D eigenvalue weighted by molar-refractivity contribution is 8.02. The standard InChI is InChI=1S/C15H12Cl2O2S2/c16-12-2-6-14(7-3-12)20-10-1-11-21(18,19)15-8-4-13(17)5-9-15/h1-10H,11H2/b10-1+. The maximum atomic E-state index is 12.1. The van der Waals surface area contributed by atoms with E-state index >= 15 is 0 Å². The topological polar surface area (TPSA) is 34.1 Å². The smallest absolute Gasteiger partial charge is 0.181 e. The van der Waals surface area contributed by atoms with Crippen molar-refractivity contribution in [1.82, 2.24) is 0 Å². The summed E-state index contributed by atoms with van der Waals surface area (Å²) in [6, 6.07) is 13.5. The van der Waals surface area contributed by atoms with Crippen LogP contribution < -0.4 is 0 Å². The van der Waals surface area contributed by atoms with E-state index in [0.29, 0.717) is 10.0 Å². The van der Waals surface area contributed by atoms with Gasteiger partial charge in [0, 0.05) is 14.9 Å². The highest BCUT2D eigenvalue weighted by atomic mass is 35.5. The first-order chi connectivity index (χ1) is 9.97. The highest BCUT2D eigenvalue weighted by Gasteiger charge is 2.11. The molecule has 0 aromatic heterocycles. The van der Waals surface area contributed by atoms with Gasteiger partial charge in [0.2, 0.25) is 0 Å². The summed E-state index contributed by atoms with van der Waals surface area (Å²) in [6.07, 6.45) is 1.63.